The molecule has 3 rings (SSSR count). The van der Waals surface area contributed by atoms with Crippen LogP contribution in [0.1, 0.15) is 18.6 Å². The first-order valence-electron chi connectivity index (χ1n) is 8.23. The van der Waals surface area contributed by atoms with Crippen LogP contribution in [0.25, 0.3) is 11.3 Å². The highest BCUT2D eigenvalue weighted by molar-refractivity contribution is 7.88. The molecule has 1 aromatic carbocycles. The van der Waals surface area contributed by atoms with Gasteiger partial charge in [0.1, 0.15) is 11.5 Å². The summed E-state index contributed by atoms with van der Waals surface area (Å²) in [6, 6.07) is 14.5. The number of sulfonamides is 1. The molecule has 5 nitrogen and oxygen atoms in total. The zero-order valence-electron chi connectivity index (χ0n) is 14.2. The Morgan fingerprint density at radius 1 is 1.12 bits per heavy atom. The molecule has 2 aromatic rings. The fraction of sp³-hybridized carbons (Fsp3) is 0.444. The first-order valence-corrected chi connectivity index (χ1v) is 10.1. The molecule has 0 N–H and O–H groups in total. The van der Waals surface area contributed by atoms with Gasteiger partial charge in [0, 0.05) is 24.7 Å². The number of hydrogen-bond acceptors (Lipinski definition) is 4. The fourth-order valence-electron chi connectivity index (χ4n) is 3.21. The Morgan fingerprint density at radius 2 is 1.79 bits per heavy atom. The van der Waals surface area contributed by atoms with E-state index in [-0.39, 0.29) is 0 Å². The summed E-state index contributed by atoms with van der Waals surface area (Å²) in [6.45, 7) is 1.93. The molecule has 0 atom stereocenters. The minimum Gasteiger partial charge on any atom is -0.460 e. The van der Waals surface area contributed by atoms with Gasteiger partial charge < -0.3 is 4.42 Å². The highest BCUT2D eigenvalue weighted by Crippen LogP contribution is 2.24. The molecular formula is C18H24N2O3S. The van der Waals surface area contributed by atoms with E-state index in [0.717, 1.165) is 36.5 Å². The van der Waals surface area contributed by atoms with Crippen molar-refractivity contribution in [3.8, 4) is 11.3 Å². The molecule has 1 saturated heterocycles. The van der Waals surface area contributed by atoms with Crippen molar-refractivity contribution in [3.63, 3.8) is 0 Å². The van der Waals surface area contributed by atoms with Crippen molar-refractivity contribution in [1.82, 2.24) is 9.21 Å². The predicted octanol–water partition coefficient (Wildman–Crippen LogP) is 2.80. The van der Waals surface area contributed by atoms with Crippen LogP contribution in [0, 0.1) is 0 Å². The van der Waals surface area contributed by atoms with Crippen molar-refractivity contribution < 1.29 is 12.8 Å². The monoisotopic (exact) mass is 348 g/mol. The van der Waals surface area contributed by atoms with Crippen LogP contribution in [-0.4, -0.2) is 50.1 Å². The SMILES string of the molecule is CN(Cc1ccc(-c2ccccc2)o1)C1CCN(S(C)(=O)=O)CC1. The Kier molecular flexibility index (Phi) is 5.08. The molecular weight excluding hydrogens is 324 g/mol. The average Bonchev–Trinajstić information content (AvgIpc) is 3.03. The van der Waals surface area contributed by atoms with E-state index < -0.39 is 10.0 Å². The summed E-state index contributed by atoms with van der Waals surface area (Å²) >= 11 is 0. The lowest BCUT2D eigenvalue weighted by molar-refractivity contribution is 0.154. The van der Waals surface area contributed by atoms with Crippen molar-refractivity contribution in [2.45, 2.75) is 25.4 Å². The second-order valence-electron chi connectivity index (χ2n) is 6.44. The van der Waals surface area contributed by atoms with Crippen LogP contribution in [0.5, 0.6) is 0 Å². The molecule has 0 unspecified atom stereocenters. The van der Waals surface area contributed by atoms with Crippen LogP contribution in [0.2, 0.25) is 0 Å². The summed E-state index contributed by atoms with van der Waals surface area (Å²) < 4.78 is 30.7. The lowest BCUT2D eigenvalue weighted by atomic mass is 10.1. The van der Waals surface area contributed by atoms with Crippen molar-refractivity contribution in [2.24, 2.45) is 0 Å². The third kappa shape index (κ3) is 4.06. The summed E-state index contributed by atoms with van der Waals surface area (Å²) in [5, 5.41) is 0. The van der Waals surface area contributed by atoms with Gasteiger partial charge in [0.2, 0.25) is 10.0 Å². The van der Waals surface area contributed by atoms with E-state index >= 15 is 0 Å². The standard InChI is InChI=1S/C18H24N2O3S/c1-19(16-10-12-20(13-11-16)24(2,21)22)14-17-8-9-18(23-17)15-6-4-3-5-7-15/h3-9,16H,10-14H2,1-2H3. The van der Waals surface area contributed by atoms with Gasteiger partial charge in [-0.2, -0.15) is 0 Å². The van der Waals surface area contributed by atoms with Gasteiger partial charge in [0.25, 0.3) is 0 Å². The van der Waals surface area contributed by atoms with Crippen LogP contribution >= 0.6 is 0 Å². The molecule has 0 aliphatic carbocycles. The van der Waals surface area contributed by atoms with Crippen LogP contribution in [0.4, 0.5) is 0 Å². The number of furan rings is 1. The number of rotatable bonds is 5. The van der Waals surface area contributed by atoms with Crippen LogP contribution in [0.3, 0.4) is 0 Å². The minimum absolute atomic E-state index is 0.383. The van der Waals surface area contributed by atoms with Gasteiger partial charge in [0.05, 0.1) is 12.8 Å². The predicted molar refractivity (Wildman–Crippen MR) is 95.0 cm³/mol. The summed E-state index contributed by atoms with van der Waals surface area (Å²) in [4.78, 5) is 2.26. The highest BCUT2D eigenvalue weighted by Gasteiger charge is 2.27. The van der Waals surface area contributed by atoms with E-state index in [2.05, 4.69) is 11.9 Å². The summed E-state index contributed by atoms with van der Waals surface area (Å²) in [5.41, 5.74) is 1.08. The summed E-state index contributed by atoms with van der Waals surface area (Å²) in [6.07, 6.45) is 3.00. The van der Waals surface area contributed by atoms with E-state index in [1.165, 1.54) is 6.26 Å². The third-order valence-corrected chi connectivity index (χ3v) is 5.94. The normalized spacial score (nSPS) is 17.5. The van der Waals surface area contributed by atoms with Gasteiger partial charge in [0.15, 0.2) is 0 Å². The minimum atomic E-state index is -3.06. The Labute approximate surface area is 143 Å². The van der Waals surface area contributed by atoms with E-state index in [1.807, 2.05) is 42.5 Å². The van der Waals surface area contributed by atoms with Gasteiger partial charge in [-0.1, -0.05) is 30.3 Å². The smallest absolute Gasteiger partial charge is 0.211 e. The Balaban J connectivity index is 1.58. The molecule has 1 fully saturated rings. The zero-order chi connectivity index (χ0) is 17.2. The van der Waals surface area contributed by atoms with Gasteiger partial charge in [-0.15, -0.1) is 0 Å². The molecule has 1 aliphatic rings. The maximum atomic E-state index is 11.6. The van der Waals surface area contributed by atoms with Gasteiger partial charge in [-0.05, 0) is 32.0 Å². The second-order valence-corrected chi connectivity index (χ2v) is 8.42. The maximum absolute atomic E-state index is 11.6. The van der Waals surface area contributed by atoms with Gasteiger partial charge in [-0.3, -0.25) is 4.90 Å². The first-order chi connectivity index (χ1) is 11.4. The maximum Gasteiger partial charge on any atom is 0.211 e. The largest absolute Gasteiger partial charge is 0.460 e. The van der Waals surface area contributed by atoms with Gasteiger partial charge >= 0.3 is 0 Å². The summed E-state index contributed by atoms with van der Waals surface area (Å²) in [7, 11) is -0.990. The number of piperidine rings is 1. The molecule has 0 spiro atoms. The highest BCUT2D eigenvalue weighted by atomic mass is 32.2. The molecule has 0 radical (unpaired) electrons. The van der Waals surface area contributed by atoms with E-state index in [9.17, 15) is 8.42 Å². The lowest BCUT2D eigenvalue weighted by Gasteiger charge is -2.35. The number of hydrogen-bond donors (Lipinski definition) is 0. The van der Waals surface area contributed by atoms with E-state index in [0.29, 0.717) is 19.1 Å². The van der Waals surface area contributed by atoms with Crippen molar-refractivity contribution >= 4 is 10.0 Å². The van der Waals surface area contributed by atoms with Crippen LogP contribution in [-0.2, 0) is 16.6 Å². The second kappa shape index (κ2) is 7.09. The topological polar surface area (TPSA) is 53.8 Å². The Hall–Kier alpha value is -1.63. The van der Waals surface area contributed by atoms with Crippen LogP contribution in [0.15, 0.2) is 46.9 Å². The summed E-state index contributed by atoms with van der Waals surface area (Å²) in [5.74, 6) is 1.81. The van der Waals surface area contributed by atoms with Gasteiger partial charge in [-0.25, -0.2) is 12.7 Å². The quantitative estimate of drug-likeness (QED) is 0.834. The van der Waals surface area contributed by atoms with Crippen molar-refractivity contribution in [2.75, 3.05) is 26.4 Å². The average molecular weight is 348 g/mol. The molecule has 1 aliphatic heterocycles. The molecule has 24 heavy (non-hydrogen) atoms. The molecule has 0 saturated carbocycles. The van der Waals surface area contributed by atoms with Crippen molar-refractivity contribution in [1.29, 1.82) is 0 Å². The lowest BCUT2D eigenvalue weighted by Crippen LogP contribution is -2.44. The third-order valence-electron chi connectivity index (χ3n) is 4.64. The van der Waals surface area contributed by atoms with E-state index in [1.54, 1.807) is 4.31 Å². The van der Waals surface area contributed by atoms with Crippen molar-refractivity contribution in [3.05, 3.63) is 48.2 Å². The number of benzene rings is 1. The molecule has 0 bridgehead atoms. The first kappa shape index (κ1) is 17.2. The zero-order valence-corrected chi connectivity index (χ0v) is 15.0. The van der Waals surface area contributed by atoms with Crippen LogP contribution < -0.4 is 0 Å². The molecule has 0 amide bonds. The molecule has 130 valence electrons. The molecule has 1 aromatic heterocycles. The fourth-order valence-corrected chi connectivity index (χ4v) is 4.08. The Bertz CT molecular complexity index is 763. The molecule has 2 heterocycles. The Morgan fingerprint density at radius 3 is 2.42 bits per heavy atom. The van der Waals surface area contributed by atoms with E-state index in [4.69, 9.17) is 4.42 Å². The number of nitrogens with zero attached hydrogens (tertiary/aromatic N) is 2. The molecule has 6 heteroatoms.